The van der Waals surface area contributed by atoms with Crippen LogP contribution >= 0.6 is 7.82 Å². The first kappa shape index (κ1) is 34.8. The first-order valence-electron chi connectivity index (χ1n) is 13.9. The molecule has 0 aromatic heterocycles. The number of hydrogen-bond acceptors (Lipinski definition) is 6. The second-order valence-corrected chi connectivity index (χ2v) is 10.6. The average Bonchev–Trinajstić information content (AvgIpc) is 2.83. The molecule has 0 rings (SSSR count). The zero-order valence-corrected chi connectivity index (χ0v) is 23.6. The Morgan fingerprint density at radius 3 is 1.78 bits per heavy atom. The minimum Gasteiger partial charge on any atom is -0.462 e. The van der Waals surface area contributed by atoms with Gasteiger partial charge in [-0.1, -0.05) is 96.1 Å². The number of ether oxygens (including phenoxy) is 2. The smallest absolute Gasteiger partial charge is 0.462 e. The summed E-state index contributed by atoms with van der Waals surface area (Å²) in [6, 6.07) is 0. The van der Waals surface area contributed by atoms with E-state index in [0.717, 1.165) is 44.9 Å². The first-order valence-corrected chi connectivity index (χ1v) is 15.5. The maximum Gasteiger partial charge on any atom is 0.469 e. The standard InChI is InChI=1S/C27H51O8P/c1-3-5-7-9-11-13-14-16-18-20-22-27(29)35-25(24-34-36(30,31)32)23-33-26(28)21-19-17-15-12-10-8-6-4-2/h3,5,25H,4,6-24H2,1-2H3,(H2,30,31,32)/b5-3-/t25-/m1/s1. The van der Waals surface area contributed by atoms with E-state index in [4.69, 9.17) is 19.3 Å². The molecule has 0 saturated carbocycles. The molecular formula is C27H51O8P. The molecule has 0 amide bonds. The number of hydrogen-bond donors (Lipinski definition) is 2. The lowest BCUT2D eigenvalue weighted by Gasteiger charge is -2.18. The van der Waals surface area contributed by atoms with Gasteiger partial charge in [0.25, 0.3) is 0 Å². The average molecular weight is 535 g/mol. The summed E-state index contributed by atoms with van der Waals surface area (Å²) >= 11 is 0. The third-order valence-electron chi connectivity index (χ3n) is 5.88. The van der Waals surface area contributed by atoms with Crippen molar-refractivity contribution in [3.05, 3.63) is 12.2 Å². The fourth-order valence-corrected chi connectivity index (χ4v) is 4.15. The van der Waals surface area contributed by atoms with Gasteiger partial charge in [0.1, 0.15) is 6.61 Å². The molecule has 0 fully saturated rings. The highest BCUT2D eigenvalue weighted by Crippen LogP contribution is 2.35. The number of carbonyl (C=O) groups excluding carboxylic acids is 2. The molecule has 0 unspecified atom stereocenters. The molecule has 36 heavy (non-hydrogen) atoms. The fourth-order valence-electron chi connectivity index (χ4n) is 3.78. The van der Waals surface area contributed by atoms with Crippen molar-refractivity contribution in [3.8, 4) is 0 Å². The van der Waals surface area contributed by atoms with Crippen LogP contribution in [-0.4, -0.2) is 41.0 Å². The Kier molecular flexibility index (Phi) is 23.3. The van der Waals surface area contributed by atoms with Gasteiger partial charge in [-0.3, -0.25) is 14.1 Å². The summed E-state index contributed by atoms with van der Waals surface area (Å²) in [7, 11) is -4.73. The summed E-state index contributed by atoms with van der Waals surface area (Å²) in [6.07, 6.45) is 21.1. The van der Waals surface area contributed by atoms with Gasteiger partial charge in [0, 0.05) is 12.8 Å². The van der Waals surface area contributed by atoms with Crippen LogP contribution in [0.4, 0.5) is 0 Å². The summed E-state index contributed by atoms with van der Waals surface area (Å²) < 4.78 is 26.0. The Hall–Kier alpha value is -1.21. The lowest BCUT2D eigenvalue weighted by atomic mass is 10.1. The summed E-state index contributed by atoms with van der Waals surface area (Å²) in [5.41, 5.74) is 0. The number of phosphoric ester groups is 1. The zero-order chi connectivity index (χ0) is 26.9. The predicted molar refractivity (Wildman–Crippen MR) is 142 cm³/mol. The van der Waals surface area contributed by atoms with Crippen LogP contribution < -0.4 is 0 Å². The number of carbonyl (C=O) groups is 2. The Morgan fingerprint density at radius 1 is 0.750 bits per heavy atom. The molecular weight excluding hydrogens is 483 g/mol. The van der Waals surface area contributed by atoms with Crippen LogP contribution in [0.1, 0.15) is 129 Å². The molecule has 0 saturated heterocycles. The van der Waals surface area contributed by atoms with Gasteiger partial charge in [0.2, 0.25) is 0 Å². The van der Waals surface area contributed by atoms with E-state index in [9.17, 15) is 14.2 Å². The number of allylic oxidation sites excluding steroid dienone is 2. The minimum absolute atomic E-state index is 0.208. The lowest BCUT2D eigenvalue weighted by molar-refractivity contribution is -0.161. The summed E-state index contributed by atoms with van der Waals surface area (Å²) in [5, 5.41) is 0. The maximum absolute atomic E-state index is 12.2. The van der Waals surface area contributed by atoms with Crippen LogP contribution in [0.15, 0.2) is 12.2 Å². The lowest BCUT2D eigenvalue weighted by Crippen LogP contribution is -2.29. The summed E-state index contributed by atoms with van der Waals surface area (Å²) in [5.74, 6) is -0.899. The van der Waals surface area contributed by atoms with Crippen molar-refractivity contribution in [2.75, 3.05) is 13.2 Å². The van der Waals surface area contributed by atoms with Gasteiger partial charge in [-0.2, -0.15) is 0 Å². The molecule has 0 heterocycles. The van der Waals surface area contributed by atoms with Gasteiger partial charge in [0.05, 0.1) is 6.61 Å². The maximum atomic E-state index is 12.2. The second kappa shape index (κ2) is 24.1. The van der Waals surface area contributed by atoms with Gasteiger partial charge < -0.3 is 19.3 Å². The van der Waals surface area contributed by atoms with Crippen molar-refractivity contribution in [1.82, 2.24) is 0 Å². The predicted octanol–water partition coefficient (Wildman–Crippen LogP) is 7.17. The molecule has 0 aliphatic rings. The fraction of sp³-hybridized carbons (Fsp3) is 0.852. The molecule has 9 heteroatoms. The Bertz CT molecular complexity index is 617. The van der Waals surface area contributed by atoms with E-state index in [0.29, 0.717) is 6.42 Å². The highest BCUT2D eigenvalue weighted by molar-refractivity contribution is 7.46. The minimum atomic E-state index is -4.73. The van der Waals surface area contributed by atoms with E-state index < -0.39 is 32.5 Å². The van der Waals surface area contributed by atoms with E-state index in [2.05, 4.69) is 23.6 Å². The molecule has 8 nitrogen and oxygen atoms in total. The molecule has 0 aliphatic heterocycles. The molecule has 0 spiro atoms. The summed E-state index contributed by atoms with van der Waals surface area (Å²) in [4.78, 5) is 42.1. The third-order valence-corrected chi connectivity index (χ3v) is 6.36. The van der Waals surface area contributed by atoms with Crippen molar-refractivity contribution in [2.45, 2.75) is 136 Å². The topological polar surface area (TPSA) is 119 Å². The van der Waals surface area contributed by atoms with E-state index >= 15 is 0 Å². The zero-order valence-electron chi connectivity index (χ0n) is 22.7. The molecule has 0 bridgehead atoms. The van der Waals surface area contributed by atoms with Crippen LogP contribution in [0.3, 0.4) is 0 Å². The molecule has 0 aromatic carbocycles. The van der Waals surface area contributed by atoms with Gasteiger partial charge in [-0.15, -0.1) is 0 Å². The number of esters is 2. The van der Waals surface area contributed by atoms with Gasteiger partial charge in [-0.25, -0.2) is 4.57 Å². The molecule has 212 valence electrons. The van der Waals surface area contributed by atoms with Crippen LogP contribution in [0, 0.1) is 0 Å². The Morgan fingerprint density at radius 2 is 1.25 bits per heavy atom. The summed E-state index contributed by atoms with van der Waals surface area (Å²) in [6.45, 7) is 3.40. The Balaban J connectivity index is 4.10. The highest BCUT2D eigenvalue weighted by Gasteiger charge is 2.22. The number of rotatable bonds is 25. The van der Waals surface area contributed by atoms with Crippen molar-refractivity contribution in [1.29, 1.82) is 0 Å². The largest absolute Gasteiger partial charge is 0.469 e. The van der Waals surface area contributed by atoms with E-state index in [1.54, 1.807) is 0 Å². The quantitative estimate of drug-likeness (QED) is 0.0547. The normalized spacial score (nSPS) is 12.7. The molecule has 0 radical (unpaired) electrons. The third kappa shape index (κ3) is 25.9. The van der Waals surface area contributed by atoms with Gasteiger partial charge in [0.15, 0.2) is 6.10 Å². The van der Waals surface area contributed by atoms with Crippen molar-refractivity contribution in [3.63, 3.8) is 0 Å². The number of phosphoric acid groups is 1. The Labute approximate surface area is 218 Å². The highest BCUT2D eigenvalue weighted by atomic mass is 31.2. The van der Waals surface area contributed by atoms with Crippen molar-refractivity contribution in [2.24, 2.45) is 0 Å². The second-order valence-electron chi connectivity index (χ2n) is 9.39. The van der Waals surface area contributed by atoms with Crippen molar-refractivity contribution >= 4 is 19.8 Å². The van der Waals surface area contributed by atoms with Crippen LogP contribution in [0.25, 0.3) is 0 Å². The van der Waals surface area contributed by atoms with Crippen molar-refractivity contribution < 1.29 is 37.9 Å². The van der Waals surface area contributed by atoms with Gasteiger partial charge in [-0.05, 0) is 32.6 Å². The molecule has 2 N–H and O–H groups in total. The van der Waals surface area contributed by atoms with Crippen LogP contribution in [-0.2, 0) is 28.2 Å². The van der Waals surface area contributed by atoms with E-state index in [-0.39, 0.29) is 19.4 Å². The first-order chi connectivity index (χ1) is 17.3. The van der Waals surface area contributed by atoms with Crippen LogP contribution in [0.5, 0.6) is 0 Å². The molecule has 0 aromatic rings. The van der Waals surface area contributed by atoms with Crippen LogP contribution in [0.2, 0.25) is 0 Å². The van der Waals surface area contributed by atoms with E-state index in [1.165, 1.54) is 51.4 Å². The SMILES string of the molecule is C/C=C\CCCCCCCCCC(=O)O[C@H](COC(=O)CCCCCCCCCC)COP(=O)(O)O. The molecule has 1 atom stereocenters. The molecule has 0 aliphatic carbocycles. The van der Waals surface area contributed by atoms with Gasteiger partial charge >= 0.3 is 19.8 Å². The van der Waals surface area contributed by atoms with E-state index in [1.807, 2.05) is 6.92 Å². The number of unbranched alkanes of at least 4 members (excludes halogenated alkanes) is 14. The monoisotopic (exact) mass is 534 g/mol.